The van der Waals surface area contributed by atoms with Gasteiger partial charge in [0.25, 0.3) is 0 Å². The molecule has 0 radical (unpaired) electrons. The van der Waals surface area contributed by atoms with E-state index in [2.05, 4.69) is 16.0 Å². The number of hydrogen-bond donors (Lipinski definition) is 3. The van der Waals surface area contributed by atoms with Gasteiger partial charge in [-0.05, 0) is 42.1 Å². The summed E-state index contributed by atoms with van der Waals surface area (Å²) < 4.78 is 12.7. The van der Waals surface area contributed by atoms with Crippen LogP contribution in [0.15, 0.2) is 41.8 Å². The van der Waals surface area contributed by atoms with Crippen LogP contribution in [-0.4, -0.2) is 25.0 Å². The number of hydrogen-bond acceptors (Lipinski definition) is 3. The van der Waals surface area contributed by atoms with Gasteiger partial charge in [0.2, 0.25) is 5.91 Å². The Morgan fingerprint density at radius 3 is 2.55 bits per heavy atom. The van der Waals surface area contributed by atoms with Crippen LogP contribution in [0.2, 0.25) is 0 Å². The molecular weight excluding hydrogens is 305 g/mol. The summed E-state index contributed by atoms with van der Waals surface area (Å²) in [5, 5.41) is 9.67. The van der Waals surface area contributed by atoms with Crippen LogP contribution in [-0.2, 0) is 11.2 Å². The fourth-order valence-electron chi connectivity index (χ4n) is 1.72. The molecule has 0 aliphatic rings. The van der Waals surface area contributed by atoms with E-state index in [0.717, 1.165) is 6.42 Å². The van der Waals surface area contributed by atoms with Gasteiger partial charge in [-0.3, -0.25) is 4.79 Å². The van der Waals surface area contributed by atoms with E-state index >= 15 is 0 Å². The van der Waals surface area contributed by atoms with Gasteiger partial charge in [-0.1, -0.05) is 6.07 Å². The molecule has 0 aliphatic heterocycles. The Kier molecular flexibility index (Phi) is 5.91. The quantitative estimate of drug-likeness (QED) is 0.764. The summed E-state index contributed by atoms with van der Waals surface area (Å²) in [6.07, 6.45) is 0.757. The highest BCUT2D eigenvalue weighted by Crippen LogP contribution is 2.08. The fourth-order valence-corrected chi connectivity index (χ4v) is 2.42. The van der Waals surface area contributed by atoms with Gasteiger partial charge < -0.3 is 16.0 Å². The number of halogens is 1. The number of benzene rings is 1. The van der Waals surface area contributed by atoms with Crippen LogP contribution >= 0.6 is 11.3 Å². The molecule has 3 amide bonds. The van der Waals surface area contributed by atoms with Crippen molar-refractivity contribution >= 4 is 29.0 Å². The predicted molar refractivity (Wildman–Crippen MR) is 84.5 cm³/mol. The Morgan fingerprint density at radius 1 is 1.09 bits per heavy atom. The maximum Gasteiger partial charge on any atom is 0.315 e. The number of urea groups is 1. The van der Waals surface area contributed by atoms with Gasteiger partial charge in [0.1, 0.15) is 5.82 Å². The van der Waals surface area contributed by atoms with E-state index in [0.29, 0.717) is 12.2 Å². The number of carbonyl (C=O) groups is 2. The average Bonchev–Trinajstić information content (AvgIpc) is 3.01. The first kappa shape index (κ1) is 16.0. The molecule has 0 bridgehead atoms. The van der Waals surface area contributed by atoms with Gasteiger partial charge in [0.15, 0.2) is 0 Å². The predicted octanol–water partition coefficient (Wildman–Crippen LogP) is 2.37. The minimum absolute atomic E-state index is 0.151. The Hall–Kier alpha value is -2.41. The molecule has 0 fully saturated rings. The van der Waals surface area contributed by atoms with Gasteiger partial charge in [-0.15, -0.1) is 11.3 Å². The SMILES string of the molecule is O=C(CNC(=O)NCCc1cccs1)Nc1ccc(F)cc1. The van der Waals surface area contributed by atoms with Crippen molar-refractivity contribution in [3.05, 3.63) is 52.5 Å². The lowest BCUT2D eigenvalue weighted by molar-refractivity contribution is -0.115. The number of amides is 3. The first-order valence-electron chi connectivity index (χ1n) is 6.73. The zero-order valence-corrected chi connectivity index (χ0v) is 12.6. The second-order valence-electron chi connectivity index (χ2n) is 4.49. The molecule has 0 atom stereocenters. The van der Waals surface area contributed by atoms with Crippen LogP contribution in [0.3, 0.4) is 0 Å². The third kappa shape index (κ3) is 5.53. The monoisotopic (exact) mass is 321 g/mol. The maximum atomic E-state index is 12.7. The highest BCUT2D eigenvalue weighted by molar-refractivity contribution is 7.09. The second kappa shape index (κ2) is 8.14. The van der Waals surface area contributed by atoms with E-state index in [4.69, 9.17) is 0 Å². The molecule has 2 aromatic rings. The van der Waals surface area contributed by atoms with Crippen molar-refractivity contribution < 1.29 is 14.0 Å². The molecular formula is C15H16FN3O2S. The summed E-state index contributed by atoms with van der Waals surface area (Å²) in [5.74, 6) is -0.749. The zero-order chi connectivity index (χ0) is 15.8. The van der Waals surface area contributed by atoms with Gasteiger partial charge in [-0.2, -0.15) is 0 Å². The molecule has 1 heterocycles. The third-order valence-corrected chi connectivity index (χ3v) is 3.71. The van der Waals surface area contributed by atoms with Crippen molar-refractivity contribution in [2.45, 2.75) is 6.42 Å². The van der Waals surface area contributed by atoms with E-state index in [9.17, 15) is 14.0 Å². The summed E-state index contributed by atoms with van der Waals surface area (Å²) in [6.45, 7) is 0.355. The number of anilines is 1. The van der Waals surface area contributed by atoms with Crippen LogP contribution in [0.1, 0.15) is 4.88 Å². The molecule has 3 N–H and O–H groups in total. The summed E-state index contributed by atoms with van der Waals surface area (Å²) >= 11 is 1.63. The number of rotatable bonds is 6. The van der Waals surface area contributed by atoms with E-state index in [1.54, 1.807) is 11.3 Å². The van der Waals surface area contributed by atoms with Crippen LogP contribution in [0.5, 0.6) is 0 Å². The summed E-state index contributed by atoms with van der Waals surface area (Å²) in [6, 6.07) is 8.97. The van der Waals surface area contributed by atoms with Crippen molar-refractivity contribution in [3.8, 4) is 0 Å². The topological polar surface area (TPSA) is 70.2 Å². The highest BCUT2D eigenvalue weighted by atomic mass is 32.1. The van der Waals surface area contributed by atoms with Crippen molar-refractivity contribution in [2.75, 3.05) is 18.4 Å². The molecule has 0 saturated carbocycles. The first-order chi connectivity index (χ1) is 10.6. The van der Waals surface area contributed by atoms with Gasteiger partial charge in [0, 0.05) is 17.1 Å². The molecule has 0 unspecified atom stereocenters. The highest BCUT2D eigenvalue weighted by Gasteiger charge is 2.05. The number of thiophene rings is 1. The smallest absolute Gasteiger partial charge is 0.315 e. The molecule has 5 nitrogen and oxygen atoms in total. The van der Waals surface area contributed by atoms with E-state index in [1.165, 1.54) is 29.1 Å². The van der Waals surface area contributed by atoms with E-state index in [-0.39, 0.29) is 18.3 Å². The maximum absolute atomic E-state index is 12.7. The lowest BCUT2D eigenvalue weighted by Crippen LogP contribution is -2.40. The van der Waals surface area contributed by atoms with Gasteiger partial charge in [0.05, 0.1) is 6.54 Å². The molecule has 2 rings (SSSR count). The van der Waals surface area contributed by atoms with Crippen molar-refractivity contribution in [2.24, 2.45) is 0 Å². The minimum Gasteiger partial charge on any atom is -0.338 e. The molecule has 0 aliphatic carbocycles. The Balaban J connectivity index is 1.63. The van der Waals surface area contributed by atoms with Crippen LogP contribution in [0.25, 0.3) is 0 Å². The summed E-state index contributed by atoms with van der Waals surface area (Å²) in [4.78, 5) is 24.3. The van der Waals surface area contributed by atoms with Gasteiger partial charge >= 0.3 is 6.03 Å². The lowest BCUT2D eigenvalue weighted by Gasteiger charge is -2.08. The standard InChI is InChI=1S/C15H16FN3O2S/c16-11-3-5-12(6-4-11)19-14(20)10-18-15(21)17-8-7-13-2-1-9-22-13/h1-6,9H,7-8,10H2,(H,19,20)(H2,17,18,21). The third-order valence-electron chi connectivity index (χ3n) is 2.77. The second-order valence-corrected chi connectivity index (χ2v) is 5.53. The van der Waals surface area contributed by atoms with Crippen LogP contribution < -0.4 is 16.0 Å². The summed E-state index contributed by atoms with van der Waals surface area (Å²) in [5.41, 5.74) is 0.478. The summed E-state index contributed by atoms with van der Waals surface area (Å²) in [7, 11) is 0. The zero-order valence-electron chi connectivity index (χ0n) is 11.8. The van der Waals surface area contributed by atoms with Crippen LogP contribution in [0, 0.1) is 5.82 Å². The normalized spacial score (nSPS) is 10.0. The fraction of sp³-hybridized carbons (Fsp3) is 0.200. The Bertz CT molecular complexity index is 614. The van der Waals surface area contributed by atoms with Crippen LogP contribution in [0.4, 0.5) is 14.9 Å². The Labute approximate surface area is 131 Å². The molecule has 1 aromatic heterocycles. The van der Waals surface area contributed by atoms with Crippen molar-refractivity contribution in [1.29, 1.82) is 0 Å². The largest absolute Gasteiger partial charge is 0.338 e. The molecule has 0 saturated heterocycles. The number of nitrogens with one attached hydrogen (secondary N) is 3. The molecule has 0 spiro atoms. The molecule has 7 heteroatoms. The van der Waals surface area contributed by atoms with Gasteiger partial charge in [-0.25, -0.2) is 9.18 Å². The van der Waals surface area contributed by atoms with Crippen molar-refractivity contribution in [3.63, 3.8) is 0 Å². The van der Waals surface area contributed by atoms with E-state index in [1.807, 2.05) is 17.5 Å². The first-order valence-corrected chi connectivity index (χ1v) is 7.61. The molecule has 1 aromatic carbocycles. The molecule has 116 valence electrons. The molecule has 22 heavy (non-hydrogen) atoms. The minimum atomic E-state index is -0.397. The Morgan fingerprint density at radius 2 is 1.86 bits per heavy atom. The average molecular weight is 321 g/mol. The number of carbonyl (C=O) groups excluding carboxylic acids is 2. The lowest BCUT2D eigenvalue weighted by atomic mass is 10.3. The van der Waals surface area contributed by atoms with Crippen molar-refractivity contribution in [1.82, 2.24) is 10.6 Å². The van der Waals surface area contributed by atoms with E-state index < -0.39 is 6.03 Å².